The maximum atomic E-state index is 12.6. The van der Waals surface area contributed by atoms with Gasteiger partial charge >= 0.3 is 13.8 Å². The summed E-state index contributed by atoms with van der Waals surface area (Å²) in [5.74, 6) is -0.310. The van der Waals surface area contributed by atoms with E-state index in [0.717, 1.165) is 32.1 Å². The second kappa shape index (κ2) is 36.5. The van der Waals surface area contributed by atoms with Crippen LogP contribution in [0.1, 0.15) is 206 Å². The molecule has 1 N–H and O–H groups in total. The normalized spacial score (nSPS) is 13.8. The molecule has 0 radical (unpaired) electrons. The molecule has 0 heterocycles. The molecule has 8 nitrogen and oxygen atoms in total. The van der Waals surface area contributed by atoms with Gasteiger partial charge in [-0.1, -0.05) is 187 Å². The van der Waals surface area contributed by atoms with Gasteiger partial charge in [-0.25, -0.2) is 4.57 Å². The van der Waals surface area contributed by atoms with Crippen molar-refractivity contribution in [2.45, 2.75) is 213 Å². The zero-order chi connectivity index (χ0) is 37.7. The Morgan fingerprint density at radius 1 is 0.529 bits per heavy atom. The number of esters is 1. The summed E-state index contributed by atoms with van der Waals surface area (Å²) < 4.78 is 35.0. The number of carbonyl (C=O) groups is 1. The highest BCUT2D eigenvalue weighted by atomic mass is 31.2. The van der Waals surface area contributed by atoms with Crippen LogP contribution < -0.4 is 0 Å². The molecular formula is C42H87NO7P+. The van der Waals surface area contributed by atoms with Crippen LogP contribution in [-0.4, -0.2) is 75.6 Å². The summed E-state index contributed by atoms with van der Waals surface area (Å²) in [5.41, 5.74) is 0. The lowest BCUT2D eigenvalue weighted by molar-refractivity contribution is -0.870. The second-order valence-corrected chi connectivity index (χ2v) is 17.5. The van der Waals surface area contributed by atoms with Gasteiger partial charge in [0.15, 0.2) is 0 Å². The largest absolute Gasteiger partial charge is 0.472 e. The van der Waals surface area contributed by atoms with Gasteiger partial charge in [0.1, 0.15) is 19.3 Å². The average molecular weight is 749 g/mol. The number of rotatable bonds is 41. The van der Waals surface area contributed by atoms with Gasteiger partial charge in [-0.05, 0) is 12.8 Å². The number of nitrogens with zero attached hydrogens (tertiary/aromatic N) is 1. The highest BCUT2D eigenvalue weighted by Gasteiger charge is 2.26. The number of likely N-dealkylation sites (N-methyl/N-ethyl adjacent to an activating group) is 1. The van der Waals surface area contributed by atoms with E-state index in [1.807, 2.05) is 21.1 Å². The first-order chi connectivity index (χ1) is 24.6. The number of unbranched alkanes of at least 4 members (excludes halogenated alkanes) is 27. The van der Waals surface area contributed by atoms with Crippen molar-refractivity contribution >= 4 is 13.8 Å². The van der Waals surface area contributed by atoms with Crippen LogP contribution in [0.4, 0.5) is 0 Å². The van der Waals surface area contributed by atoms with Crippen molar-refractivity contribution in [2.24, 2.45) is 0 Å². The van der Waals surface area contributed by atoms with Gasteiger partial charge in [-0.15, -0.1) is 0 Å². The Morgan fingerprint density at radius 2 is 0.902 bits per heavy atom. The molecule has 0 aromatic rings. The number of quaternary nitrogens is 1. The van der Waals surface area contributed by atoms with E-state index in [1.165, 1.54) is 154 Å². The summed E-state index contributed by atoms with van der Waals surface area (Å²) in [6.07, 6.45) is 37.0. The minimum atomic E-state index is -4.26. The monoisotopic (exact) mass is 749 g/mol. The Hall–Kier alpha value is -0.500. The minimum Gasteiger partial charge on any atom is -0.457 e. The van der Waals surface area contributed by atoms with Crippen molar-refractivity contribution < 1.29 is 37.3 Å². The first-order valence-corrected chi connectivity index (χ1v) is 23.3. The smallest absolute Gasteiger partial charge is 0.457 e. The van der Waals surface area contributed by atoms with Crippen LogP contribution in [0.2, 0.25) is 0 Å². The second-order valence-electron chi connectivity index (χ2n) is 16.1. The zero-order valence-electron chi connectivity index (χ0n) is 34.6. The predicted molar refractivity (Wildman–Crippen MR) is 215 cm³/mol. The molecule has 0 aromatic carbocycles. The minimum absolute atomic E-state index is 0.0937. The van der Waals surface area contributed by atoms with E-state index in [4.69, 9.17) is 18.5 Å². The molecule has 0 aromatic heterocycles. The summed E-state index contributed by atoms with van der Waals surface area (Å²) in [6.45, 7) is 5.66. The van der Waals surface area contributed by atoms with Gasteiger partial charge in [-0.3, -0.25) is 13.8 Å². The first-order valence-electron chi connectivity index (χ1n) is 21.8. The van der Waals surface area contributed by atoms with Crippen molar-refractivity contribution in [2.75, 3.05) is 54.1 Å². The molecule has 2 atom stereocenters. The molecular weight excluding hydrogens is 661 g/mol. The lowest BCUT2D eigenvalue weighted by Gasteiger charge is -2.24. The van der Waals surface area contributed by atoms with E-state index in [-0.39, 0.29) is 25.8 Å². The van der Waals surface area contributed by atoms with Gasteiger partial charge in [0.05, 0.1) is 34.4 Å². The fourth-order valence-electron chi connectivity index (χ4n) is 6.26. The molecule has 0 aliphatic rings. The van der Waals surface area contributed by atoms with Crippen LogP contribution in [0, 0.1) is 0 Å². The van der Waals surface area contributed by atoms with Gasteiger partial charge in [0.25, 0.3) is 0 Å². The van der Waals surface area contributed by atoms with Crippen LogP contribution in [0.25, 0.3) is 0 Å². The summed E-state index contributed by atoms with van der Waals surface area (Å²) >= 11 is 0. The third kappa shape index (κ3) is 40.5. The first kappa shape index (κ1) is 50.5. The summed E-state index contributed by atoms with van der Waals surface area (Å²) in [6, 6.07) is 0. The number of hydrogen-bond donors (Lipinski definition) is 1. The summed E-state index contributed by atoms with van der Waals surface area (Å²) in [5, 5.41) is 0. The van der Waals surface area contributed by atoms with Gasteiger partial charge in [0, 0.05) is 13.0 Å². The molecule has 0 saturated carbocycles. The van der Waals surface area contributed by atoms with E-state index in [0.29, 0.717) is 24.1 Å². The summed E-state index contributed by atoms with van der Waals surface area (Å²) in [4.78, 5) is 22.8. The van der Waals surface area contributed by atoms with Crippen molar-refractivity contribution in [1.29, 1.82) is 0 Å². The standard InChI is InChI=1S/C42H86NO7P/c1-6-8-10-12-14-16-18-19-20-21-22-23-24-26-28-30-32-34-37-47-39-41(40-49-51(45,46)48-38-36-43(3,4)5)50-42(44)35-33-31-29-27-25-17-15-13-11-9-7-2/h41H,6-40H2,1-5H3/p+1/t41-/m1/s1. The Labute approximate surface area is 317 Å². The van der Waals surface area contributed by atoms with Crippen LogP contribution in [-0.2, 0) is 27.9 Å². The molecule has 0 saturated heterocycles. The zero-order valence-corrected chi connectivity index (χ0v) is 35.5. The van der Waals surface area contributed by atoms with E-state index in [1.54, 1.807) is 0 Å². The topological polar surface area (TPSA) is 91.3 Å². The molecule has 0 rings (SSSR count). The number of phosphoric ester groups is 1. The van der Waals surface area contributed by atoms with Crippen molar-refractivity contribution in [3.63, 3.8) is 0 Å². The molecule has 0 bridgehead atoms. The van der Waals surface area contributed by atoms with Crippen molar-refractivity contribution in [3.8, 4) is 0 Å². The van der Waals surface area contributed by atoms with Crippen LogP contribution in [0.15, 0.2) is 0 Å². The molecule has 0 amide bonds. The molecule has 51 heavy (non-hydrogen) atoms. The molecule has 9 heteroatoms. The Kier molecular flexibility index (Phi) is 36.1. The van der Waals surface area contributed by atoms with Crippen molar-refractivity contribution in [3.05, 3.63) is 0 Å². The number of ether oxygens (including phenoxy) is 2. The van der Waals surface area contributed by atoms with Crippen LogP contribution in [0.3, 0.4) is 0 Å². The van der Waals surface area contributed by atoms with Crippen LogP contribution in [0.5, 0.6) is 0 Å². The molecule has 0 aliphatic heterocycles. The SMILES string of the molecule is CCCCCCCCCCCCCCCCCCCCOC[C@H](COP(=O)(O)OCC[N+](C)(C)C)OC(=O)CCCCCCCCCCCCC. The van der Waals surface area contributed by atoms with Gasteiger partial charge in [-0.2, -0.15) is 0 Å². The molecule has 1 unspecified atom stereocenters. The Bertz CT molecular complexity index is 792. The lowest BCUT2D eigenvalue weighted by atomic mass is 10.0. The van der Waals surface area contributed by atoms with Gasteiger partial charge in [0.2, 0.25) is 0 Å². The lowest BCUT2D eigenvalue weighted by Crippen LogP contribution is -2.37. The number of carbonyl (C=O) groups excluding carboxylic acids is 1. The van der Waals surface area contributed by atoms with E-state index >= 15 is 0 Å². The average Bonchev–Trinajstić information content (AvgIpc) is 3.08. The highest BCUT2D eigenvalue weighted by Crippen LogP contribution is 2.43. The molecule has 0 aliphatic carbocycles. The number of phosphoric acid groups is 1. The molecule has 0 spiro atoms. The van der Waals surface area contributed by atoms with Gasteiger partial charge < -0.3 is 18.9 Å². The predicted octanol–water partition coefficient (Wildman–Crippen LogP) is 12.5. The summed E-state index contributed by atoms with van der Waals surface area (Å²) in [7, 11) is 1.68. The molecule has 0 fully saturated rings. The highest BCUT2D eigenvalue weighted by molar-refractivity contribution is 7.47. The van der Waals surface area contributed by atoms with E-state index in [2.05, 4.69) is 13.8 Å². The quantitative estimate of drug-likeness (QED) is 0.0288. The van der Waals surface area contributed by atoms with Crippen LogP contribution >= 0.6 is 7.82 Å². The fourth-order valence-corrected chi connectivity index (χ4v) is 7.00. The third-order valence-corrected chi connectivity index (χ3v) is 10.7. The fraction of sp³-hybridized carbons (Fsp3) is 0.976. The van der Waals surface area contributed by atoms with E-state index in [9.17, 15) is 14.3 Å². The maximum absolute atomic E-state index is 12.6. The number of hydrogen-bond acceptors (Lipinski definition) is 6. The Morgan fingerprint density at radius 3 is 1.29 bits per heavy atom. The Balaban J connectivity index is 4.14. The molecule has 306 valence electrons. The maximum Gasteiger partial charge on any atom is 0.472 e. The third-order valence-electron chi connectivity index (χ3n) is 9.67. The van der Waals surface area contributed by atoms with E-state index < -0.39 is 13.9 Å². The van der Waals surface area contributed by atoms with Crippen molar-refractivity contribution in [1.82, 2.24) is 0 Å².